The van der Waals surface area contributed by atoms with Crippen LogP contribution >= 0.6 is 0 Å². The van der Waals surface area contributed by atoms with Crippen molar-refractivity contribution in [1.82, 2.24) is 9.55 Å². The van der Waals surface area contributed by atoms with Gasteiger partial charge >= 0.3 is 5.97 Å². The van der Waals surface area contributed by atoms with Gasteiger partial charge in [-0.1, -0.05) is 6.07 Å². The molecule has 6 nitrogen and oxygen atoms in total. The van der Waals surface area contributed by atoms with Gasteiger partial charge in [-0.3, -0.25) is 4.79 Å². The van der Waals surface area contributed by atoms with Gasteiger partial charge in [0.15, 0.2) is 0 Å². The van der Waals surface area contributed by atoms with E-state index in [9.17, 15) is 9.59 Å². The Morgan fingerprint density at radius 3 is 2.78 bits per heavy atom. The van der Waals surface area contributed by atoms with Gasteiger partial charge < -0.3 is 15.4 Å². The predicted octanol–water partition coefficient (Wildman–Crippen LogP) is 0.918. The number of nitrogens with zero attached hydrogens (tertiary/aromatic N) is 2. The Morgan fingerprint density at radius 1 is 1.44 bits per heavy atom. The molecule has 94 valence electrons. The number of fused-ring (bicyclic) bond motifs is 1. The van der Waals surface area contributed by atoms with E-state index in [1.807, 2.05) is 0 Å². The fraction of sp³-hybridized carbons (Fsp3) is 0.250. The number of carbonyl (C=O) groups is 2. The van der Waals surface area contributed by atoms with Gasteiger partial charge in [0.05, 0.1) is 16.6 Å². The molecule has 6 heteroatoms. The lowest BCUT2D eigenvalue weighted by Crippen LogP contribution is -2.15. The molecule has 0 atom stereocenters. The molecule has 2 rings (SSSR count). The molecular weight excluding hydrogens is 234 g/mol. The van der Waals surface area contributed by atoms with Crippen LogP contribution in [0.15, 0.2) is 18.2 Å². The smallest absolute Gasteiger partial charge is 0.337 e. The summed E-state index contributed by atoms with van der Waals surface area (Å²) in [5.41, 5.74) is 6.43. The first-order chi connectivity index (χ1) is 8.50. The lowest BCUT2D eigenvalue weighted by molar-refractivity contribution is -0.118. The summed E-state index contributed by atoms with van der Waals surface area (Å²) in [7, 11) is 0. The number of rotatable bonds is 4. The van der Waals surface area contributed by atoms with Crippen LogP contribution in [0.1, 0.15) is 22.6 Å². The number of para-hydroxylation sites is 1. The third-order valence-corrected chi connectivity index (χ3v) is 2.77. The van der Waals surface area contributed by atoms with Crippen molar-refractivity contribution in [2.75, 3.05) is 0 Å². The summed E-state index contributed by atoms with van der Waals surface area (Å²) in [6.07, 6.45) is 0.153. The zero-order valence-corrected chi connectivity index (χ0v) is 9.88. The number of primary amides is 1. The second-order valence-electron chi connectivity index (χ2n) is 4.01. The van der Waals surface area contributed by atoms with Crippen molar-refractivity contribution in [1.29, 1.82) is 0 Å². The first-order valence-corrected chi connectivity index (χ1v) is 5.48. The van der Waals surface area contributed by atoms with Crippen LogP contribution < -0.4 is 5.73 Å². The molecule has 0 unspecified atom stereocenters. The van der Waals surface area contributed by atoms with E-state index in [4.69, 9.17) is 10.8 Å². The third kappa shape index (κ3) is 2.04. The van der Waals surface area contributed by atoms with Crippen LogP contribution in [-0.2, 0) is 11.3 Å². The minimum absolute atomic E-state index is 0.153. The molecule has 1 heterocycles. The van der Waals surface area contributed by atoms with Gasteiger partial charge in [-0.05, 0) is 19.1 Å². The summed E-state index contributed by atoms with van der Waals surface area (Å²) >= 11 is 0. The van der Waals surface area contributed by atoms with Crippen LogP contribution in [0.25, 0.3) is 11.0 Å². The SMILES string of the molecule is Cc1nc2cccc(C(=O)O)c2n1CCC(N)=O. The Bertz CT molecular complexity index is 631. The van der Waals surface area contributed by atoms with E-state index in [-0.39, 0.29) is 12.0 Å². The molecular formula is C12H13N3O3. The highest BCUT2D eigenvalue weighted by atomic mass is 16.4. The van der Waals surface area contributed by atoms with Gasteiger partial charge in [0.25, 0.3) is 0 Å². The summed E-state index contributed by atoms with van der Waals surface area (Å²) in [5, 5.41) is 9.16. The minimum atomic E-state index is -1.01. The van der Waals surface area contributed by atoms with Crippen molar-refractivity contribution in [2.24, 2.45) is 5.73 Å². The highest BCUT2D eigenvalue weighted by Crippen LogP contribution is 2.20. The number of carbonyl (C=O) groups excluding carboxylic acids is 1. The molecule has 1 amide bonds. The first kappa shape index (κ1) is 12.1. The maximum atomic E-state index is 11.2. The molecule has 0 aliphatic carbocycles. The summed E-state index contributed by atoms with van der Waals surface area (Å²) < 4.78 is 1.71. The number of hydrogen-bond acceptors (Lipinski definition) is 3. The number of benzene rings is 1. The number of nitrogens with two attached hydrogens (primary N) is 1. The van der Waals surface area contributed by atoms with Crippen molar-refractivity contribution in [2.45, 2.75) is 19.9 Å². The Balaban J connectivity index is 2.60. The van der Waals surface area contributed by atoms with Crippen LogP contribution in [0.4, 0.5) is 0 Å². The summed E-state index contributed by atoms with van der Waals surface area (Å²) in [6.45, 7) is 2.11. The maximum absolute atomic E-state index is 11.2. The number of carboxylic acids is 1. The fourth-order valence-corrected chi connectivity index (χ4v) is 1.97. The first-order valence-electron chi connectivity index (χ1n) is 5.48. The third-order valence-electron chi connectivity index (χ3n) is 2.77. The maximum Gasteiger partial charge on any atom is 0.337 e. The van der Waals surface area contributed by atoms with Crippen LogP contribution in [0.5, 0.6) is 0 Å². The average Bonchev–Trinajstić information content (AvgIpc) is 2.61. The number of aryl methyl sites for hydroxylation is 2. The number of imidazole rings is 1. The predicted molar refractivity (Wildman–Crippen MR) is 65.2 cm³/mol. The molecule has 3 N–H and O–H groups in total. The van der Waals surface area contributed by atoms with E-state index < -0.39 is 11.9 Å². The molecule has 1 aromatic carbocycles. The Hall–Kier alpha value is -2.37. The number of carboxylic acid groups (broad SMARTS) is 1. The van der Waals surface area contributed by atoms with Crippen LogP contribution in [0.2, 0.25) is 0 Å². The van der Waals surface area contributed by atoms with Crippen molar-refractivity contribution >= 4 is 22.9 Å². The number of aromatic carboxylic acids is 1. The van der Waals surface area contributed by atoms with Crippen molar-refractivity contribution < 1.29 is 14.7 Å². The van der Waals surface area contributed by atoms with Crippen molar-refractivity contribution in [3.63, 3.8) is 0 Å². The molecule has 0 spiro atoms. The van der Waals surface area contributed by atoms with Gasteiger partial charge in [0.2, 0.25) is 5.91 Å². The zero-order chi connectivity index (χ0) is 13.3. The van der Waals surface area contributed by atoms with E-state index in [1.165, 1.54) is 6.07 Å². The lowest BCUT2D eigenvalue weighted by atomic mass is 10.2. The Morgan fingerprint density at radius 2 is 2.17 bits per heavy atom. The van der Waals surface area contributed by atoms with Gasteiger partial charge in [0.1, 0.15) is 5.82 Å². The van der Waals surface area contributed by atoms with E-state index in [0.29, 0.717) is 23.4 Å². The lowest BCUT2D eigenvalue weighted by Gasteiger charge is -2.06. The van der Waals surface area contributed by atoms with Crippen LogP contribution in [0.3, 0.4) is 0 Å². The molecule has 2 aromatic rings. The van der Waals surface area contributed by atoms with Gasteiger partial charge in [-0.15, -0.1) is 0 Å². The quantitative estimate of drug-likeness (QED) is 0.839. The molecule has 0 aliphatic heterocycles. The van der Waals surface area contributed by atoms with Gasteiger partial charge in [0, 0.05) is 13.0 Å². The highest BCUT2D eigenvalue weighted by Gasteiger charge is 2.15. The molecule has 0 saturated heterocycles. The summed E-state index contributed by atoms with van der Waals surface area (Å²) in [6, 6.07) is 4.92. The standard InChI is InChI=1S/C12H13N3O3/c1-7-14-9-4-2-3-8(12(17)18)11(9)15(7)6-5-10(13)16/h2-4H,5-6H2,1H3,(H2,13,16)(H,17,18). The number of aromatic nitrogens is 2. The molecule has 0 saturated carbocycles. The topological polar surface area (TPSA) is 98.2 Å². The normalized spacial score (nSPS) is 10.7. The molecule has 1 aromatic heterocycles. The number of amides is 1. The minimum Gasteiger partial charge on any atom is -0.478 e. The fourth-order valence-electron chi connectivity index (χ4n) is 1.97. The van der Waals surface area contributed by atoms with E-state index in [1.54, 1.807) is 23.6 Å². The Kier molecular flexibility index (Phi) is 3.01. The van der Waals surface area contributed by atoms with Gasteiger partial charge in [-0.25, -0.2) is 9.78 Å². The van der Waals surface area contributed by atoms with Crippen LogP contribution in [0, 0.1) is 6.92 Å². The summed E-state index contributed by atoms with van der Waals surface area (Å²) in [4.78, 5) is 26.3. The largest absolute Gasteiger partial charge is 0.478 e. The molecule has 0 fully saturated rings. The second kappa shape index (κ2) is 4.48. The second-order valence-corrected chi connectivity index (χ2v) is 4.01. The molecule has 18 heavy (non-hydrogen) atoms. The van der Waals surface area contributed by atoms with E-state index in [0.717, 1.165) is 0 Å². The average molecular weight is 247 g/mol. The molecule has 0 bridgehead atoms. The monoisotopic (exact) mass is 247 g/mol. The van der Waals surface area contributed by atoms with Crippen molar-refractivity contribution in [3.05, 3.63) is 29.6 Å². The summed E-state index contributed by atoms with van der Waals surface area (Å²) in [5.74, 6) is -0.773. The van der Waals surface area contributed by atoms with Crippen LogP contribution in [-0.4, -0.2) is 26.5 Å². The molecule has 0 aliphatic rings. The Labute approximate surface area is 103 Å². The molecule has 0 radical (unpaired) electrons. The van der Waals surface area contributed by atoms with E-state index in [2.05, 4.69) is 4.98 Å². The van der Waals surface area contributed by atoms with E-state index >= 15 is 0 Å². The number of hydrogen-bond donors (Lipinski definition) is 2. The zero-order valence-electron chi connectivity index (χ0n) is 9.88. The highest BCUT2D eigenvalue weighted by molar-refractivity contribution is 6.01. The van der Waals surface area contributed by atoms with Crippen molar-refractivity contribution in [3.8, 4) is 0 Å². The van der Waals surface area contributed by atoms with Gasteiger partial charge in [-0.2, -0.15) is 0 Å².